The molecule has 14 heavy (non-hydrogen) atoms. The Morgan fingerprint density at radius 3 is 2.36 bits per heavy atom. The van der Waals surface area contributed by atoms with Crippen molar-refractivity contribution in [1.29, 1.82) is 0 Å². The number of hydrogen-bond donors (Lipinski definition) is 1. The minimum atomic E-state index is 0.166. The summed E-state index contributed by atoms with van der Waals surface area (Å²) in [4.78, 5) is 0. The highest BCUT2D eigenvalue weighted by Crippen LogP contribution is 2.35. The Hall–Kier alpha value is -0.0800. The van der Waals surface area contributed by atoms with E-state index in [4.69, 9.17) is 4.74 Å². The van der Waals surface area contributed by atoms with Gasteiger partial charge in [0.2, 0.25) is 0 Å². The molecular formula is C12H23NO. The van der Waals surface area contributed by atoms with Gasteiger partial charge in [0.05, 0.1) is 13.2 Å². The molecule has 2 aliphatic rings. The van der Waals surface area contributed by atoms with Crippen molar-refractivity contribution in [2.45, 2.75) is 57.5 Å². The highest BCUT2D eigenvalue weighted by atomic mass is 16.5. The van der Waals surface area contributed by atoms with E-state index in [0.29, 0.717) is 5.54 Å². The Bertz CT molecular complexity index is 204. The van der Waals surface area contributed by atoms with Gasteiger partial charge in [-0.15, -0.1) is 0 Å². The minimum Gasteiger partial charge on any atom is -0.378 e. The van der Waals surface area contributed by atoms with Crippen LogP contribution in [0, 0.1) is 5.92 Å². The Labute approximate surface area is 87.4 Å². The average Bonchev–Trinajstić information content (AvgIpc) is 2.09. The second-order valence-corrected chi connectivity index (χ2v) is 5.96. The molecule has 1 saturated carbocycles. The number of nitrogens with one attached hydrogen (secondary N) is 1. The van der Waals surface area contributed by atoms with Crippen LogP contribution in [0.5, 0.6) is 0 Å². The van der Waals surface area contributed by atoms with Crippen LogP contribution in [0.15, 0.2) is 0 Å². The summed E-state index contributed by atoms with van der Waals surface area (Å²) in [5, 5.41) is 3.80. The Balaban J connectivity index is 2.01. The van der Waals surface area contributed by atoms with E-state index in [-0.39, 0.29) is 5.54 Å². The van der Waals surface area contributed by atoms with Crippen LogP contribution in [-0.2, 0) is 4.74 Å². The molecule has 1 heterocycles. The SMILES string of the molecule is CC1CCC2(CC1)COCC(C)(C)N2. The summed E-state index contributed by atoms with van der Waals surface area (Å²) in [6, 6.07) is 0. The van der Waals surface area contributed by atoms with Crippen molar-refractivity contribution in [2.75, 3.05) is 13.2 Å². The van der Waals surface area contributed by atoms with E-state index >= 15 is 0 Å². The summed E-state index contributed by atoms with van der Waals surface area (Å²) >= 11 is 0. The van der Waals surface area contributed by atoms with E-state index in [1.807, 2.05) is 0 Å². The van der Waals surface area contributed by atoms with Crippen molar-refractivity contribution < 1.29 is 4.74 Å². The smallest absolute Gasteiger partial charge is 0.0649 e. The Morgan fingerprint density at radius 2 is 1.79 bits per heavy atom. The van der Waals surface area contributed by atoms with Gasteiger partial charge in [-0.2, -0.15) is 0 Å². The number of hydrogen-bond acceptors (Lipinski definition) is 2. The molecule has 2 rings (SSSR count). The third-order valence-electron chi connectivity index (χ3n) is 3.68. The molecule has 1 spiro atoms. The number of morpholine rings is 1. The van der Waals surface area contributed by atoms with Gasteiger partial charge in [-0.25, -0.2) is 0 Å². The zero-order valence-corrected chi connectivity index (χ0v) is 9.73. The Morgan fingerprint density at radius 1 is 1.14 bits per heavy atom. The molecule has 2 heteroatoms. The molecule has 1 saturated heterocycles. The molecule has 0 atom stereocenters. The fraction of sp³-hybridized carbons (Fsp3) is 1.00. The molecular weight excluding hydrogens is 174 g/mol. The highest BCUT2D eigenvalue weighted by molar-refractivity contribution is 5.00. The van der Waals surface area contributed by atoms with Crippen LogP contribution >= 0.6 is 0 Å². The maximum atomic E-state index is 5.75. The zero-order chi connectivity index (χ0) is 10.2. The van der Waals surface area contributed by atoms with Crippen molar-refractivity contribution in [3.05, 3.63) is 0 Å². The van der Waals surface area contributed by atoms with Gasteiger partial charge in [0.1, 0.15) is 0 Å². The lowest BCUT2D eigenvalue weighted by Gasteiger charge is -2.49. The number of rotatable bonds is 0. The van der Waals surface area contributed by atoms with E-state index in [0.717, 1.165) is 19.1 Å². The fourth-order valence-electron chi connectivity index (χ4n) is 2.88. The lowest BCUT2D eigenvalue weighted by Crippen LogP contribution is -2.64. The van der Waals surface area contributed by atoms with Gasteiger partial charge in [0, 0.05) is 11.1 Å². The molecule has 0 aromatic carbocycles. The van der Waals surface area contributed by atoms with E-state index in [1.165, 1.54) is 25.7 Å². The molecule has 0 amide bonds. The van der Waals surface area contributed by atoms with Gasteiger partial charge in [-0.1, -0.05) is 6.92 Å². The predicted octanol–water partition coefficient (Wildman–Crippen LogP) is 2.33. The van der Waals surface area contributed by atoms with Crippen LogP contribution in [0.4, 0.5) is 0 Å². The standard InChI is InChI=1S/C12H23NO/c1-10-4-6-12(7-5-10)9-14-8-11(2,3)13-12/h10,13H,4-9H2,1-3H3. The van der Waals surface area contributed by atoms with E-state index in [2.05, 4.69) is 26.1 Å². The summed E-state index contributed by atoms with van der Waals surface area (Å²) in [6.45, 7) is 8.62. The summed E-state index contributed by atoms with van der Waals surface area (Å²) < 4.78 is 5.75. The third kappa shape index (κ3) is 2.12. The van der Waals surface area contributed by atoms with Crippen molar-refractivity contribution in [3.63, 3.8) is 0 Å². The lowest BCUT2D eigenvalue weighted by atomic mass is 9.75. The maximum Gasteiger partial charge on any atom is 0.0649 e. The predicted molar refractivity (Wildman–Crippen MR) is 58.4 cm³/mol. The molecule has 0 aromatic rings. The first-order valence-electron chi connectivity index (χ1n) is 5.89. The van der Waals surface area contributed by atoms with Gasteiger partial charge in [-0.05, 0) is 45.4 Å². The highest BCUT2D eigenvalue weighted by Gasteiger charge is 2.41. The quantitative estimate of drug-likeness (QED) is 0.643. The normalized spacial score (nSPS) is 42.6. The molecule has 0 bridgehead atoms. The number of ether oxygens (including phenoxy) is 1. The first-order valence-corrected chi connectivity index (χ1v) is 5.89. The topological polar surface area (TPSA) is 21.3 Å². The van der Waals surface area contributed by atoms with Gasteiger partial charge < -0.3 is 10.1 Å². The van der Waals surface area contributed by atoms with Crippen molar-refractivity contribution in [2.24, 2.45) is 5.92 Å². The minimum absolute atomic E-state index is 0.166. The van der Waals surface area contributed by atoms with Gasteiger partial charge in [0.15, 0.2) is 0 Å². The van der Waals surface area contributed by atoms with Gasteiger partial charge in [-0.3, -0.25) is 0 Å². The first kappa shape index (κ1) is 10.4. The van der Waals surface area contributed by atoms with Crippen molar-refractivity contribution in [3.8, 4) is 0 Å². The van der Waals surface area contributed by atoms with Crippen LogP contribution < -0.4 is 5.32 Å². The molecule has 0 unspecified atom stereocenters. The Kier molecular flexibility index (Phi) is 2.61. The zero-order valence-electron chi connectivity index (χ0n) is 9.73. The summed E-state index contributed by atoms with van der Waals surface area (Å²) in [6.07, 6.45) is 5.29. The van der Waals surface area contributed by atoms with E-state index < -0.39 is 0 Å². The van der Waals surface area contributed by atoms with Crippen LogP contribution in [0.1, 0.15) is 46.5 Å². The van der Waals surface area contributed by atoms with Crippen LogP contribution in [0.25, 0.3) is 0 Å². The largest absolute Gasteiger partial charge is 0.378 e. The van der Waals surface area contributed by atoms with Crippen LogP contribution in [-0.4, -0.2) is 24.3 Å². The van der Waals surface area contributed by atoms with Crippen LogP contribution in [0.3, 0.4) is 0 Å². The van der Waals surface area contributed by atoms with E-state index in [9.17, 15) is 0 Å². The fourth-order valence-corrected chi connectivity index (χ4v) is 2.88. The molecule has 1 aliphatic heterocycles. The van der Waals surface area contributed by atoms with Crippen molar-refractivity contribution in [1.82, 2.24) is 5.32 Å². The lowest BCUT2D eigenvalue weighted by molar-refractivity contribution is -0.0490. The van der Waals surface area contributed by atoms with Crippen molar-refractivity contribution >= 4 is 0 Å². The molecule has 1 N–H and O–H groups in total. The monoisotopic (exact) mass is 197 g/mol. The van der Waals surface area contributed by atoms with Gasteiger partial charge >= 0.3 is 0 Å². The van der Waals surface area contributed by atoms with Crippen LogP contribution in [0.2, 0.25) is 0 Å². The molecule has 0 radical (unpaired) electrons. The molecule has 0 aromatic heterocycles. The summed E-state index contributed by atoms with van der Waals surface area (Å²) in [7, 11) is 0. The second kappa shape index (κ2) is 3.49. The summed E-state index contributed by atoms with van der Waals surface area (Å²) in [5.74, 6) is 0.910. The average molecular weight is 197 g/mol. The molecule has 2 fully saturated rings. The molecule has 2 nitrogen and oxygen atoms in total. The maximum absolute atomic E-state index is 5.75. The van der Waals surface area contributed by atoms with Gasteiger partial charge in [0.25, 0.3) is 0 Å². The molecule has 1 aliphatic carbocycles. The first-order chi connectivity index (χ1) is 6.52. The third-order valence-corrected chi connectivity index (χ3v) is 3.68. The van der Waals surface area contributed by atoms with E-state index in [1.54, 1.807) is 0 Å². The second-order valence-electron chi connectivity index (χ2n) is 5.96. The summed E-state index contributed by atoms with van der Waals surface area (Å²) in [5.41, 5.74) is 0.465. The molecule has 82 valence electrons.